The van der Waals surface area contributed by atoms with Crippen LogP contribution in [0.5, 0.6) is 0 Å². The van der Waals surface area contributed by atoms with E-state index in [1.165, 1.54) is 12.3 Å². The number of nitrogens with one attached hydrogen (secondary N) is 2. The highest BCUT2D eigenvalue weighted by atomic mass is 79.9. The van der Waals surface area contributed by atoms with Crippen LogP contribution in [0.15, 0.2) is 21.5 Å². The van der Waals surface area contributed by atoms with Crippen LogP contribution in [0.2, 0.25) is 0 Å². The number of hydrogen-bond donors (Lipinski definition) is 3. The summed E-state index contributed by atoms with van der Waals surface area (Å²) in [5.41, 5.74) is 5.44. The normalized spacial score (nSPS) is 13.5. The molecule has 0 aromatic carbocycles. The van der Waals surface area contributed by atoms with E-state index in [0.717, 1.165) is 6.42 Å². The van der Waals surface area contributed by atoms with Crippen molar-refractivity contribution in [2.75, 3.05) is 6.54 Å². The zero-order valence-electron chi connectivity index (χ0n) is 11.8. The van der Waals surface area contributed by atoms with Crippen molar-refractivity contribution in [2.24, 2.45) is 11.7 Å². The molecule has 20 heavy (non-hydrogen) atoms. The first-order valence-electron chi connectivity index (χ1n) is 6.18. The summed E-state index contributed by atoms with van der Waals surface area (Å²) in [7, 11) is 0. The number of halogens is 2. The Morgan fingerprint density at radius 2 is 2.15 bits per heavy atom. The van der Waals surface area contributed by atoms with Gasteiger partial charge in [-0.15, -0.1) is 12.4 Å². The molecule has 1 atom stereocenters. The van der Waals surface area contributed by atoms with Crippen LogP contribution in [-0.4, -0.2) is 23.0 Å². The fraction of sp³-hybridized carbons (Fsp3) is 0.538. The van der Waals surface area contributed by atoms with Gasteiger partial charge in [-0.1, -0.05) is 13.8 Å². The second-order valence-electron chi connectivity index (χ2n) is 5.38. The molecule has 4 N–H and O–H groups in total. The Kier molecular flexibility index (Phi) is 7.47. The van der Waals surface area contributed by atoms with E-state index in [2.05, 4.69) is 40.1 Å². The lowest BCUT2D eigenvalue weighted by Gasteiger charge is -2.31. The van der Waals surface area contributed by atoms with E-state index in [1.807, 2.05) is 6.92 Å². The highest BCUT2D eigenvalue weighted by molar-refractivity contribution is 9.10. The number of H-pyrrole nitrogens is 1. The average Bonchev–Trinajstić information content (AvgIpc) is 2.31. The summed E-state index contributed by atoms with van der Waals surface area (Å²) in [6, 6.07) is 1.50. The van der Waals surface area contributed by atoms with Gasteiger partial charge in [-0.3, -0.25) is 9.59 Å². The molecule has 7 heteroatoms. The number of rotatable bonds is 5. The molecular weight excluding hydrogens is 346 g/mol. The third-order valence-corrected chi connectivity index (χ3v) is 3.43. The van der Waals surface area contributed by atoms with Gasteiger partial charge in [0, 0.05) is 18.3 Å². The van der Waals surface area contributed by atoms with E-state index in [9.17, 15) is 9.59 Å². The Balaban J connectivity index is 0.00000361. The van der Waals surface area contributed by atoms with Crippen molar-refractivity contribution in [1.82, 2.24) is 10.3 Å². The molecule has 0 radical (unpaired) electrons. The van der Waals surface area contributed by atoms with E-state index in [4.69, 9.17) is 5.73 Å². The largest absolute Gasteiger partial charge is 0.346 e. The van der Waals surface area contributed by atoms with Crippen LogP contribution in [0.25, 0.3) is 0 Å². The van der Waals surface area contributed by atoms with Gasteiger partial charge in [-0.05, 0) is 41.3 Å². The Bertz CT molecular complexity index is 519. The molecule has 0 bridgehead atoms. The van der Waals surface area contributed by atoms with Gasteiger partial charge in [0.05, 0.1) is 10.0 Å². The predicted molar refractivity (Wildman–Crippen MR) is 86.4 cm³/mol. The lowest BCUT2D eigenvalue weighted by molar-refractivity contribution is 0.0898. The lowest BCUT2D eigenvalue weighted by Crippen LogP contribution is -2.52. The van der Waals surface area contributed by atoms with Crippen LogP contribution < -0.4 is 16.6 Å². The molecular formula is C13H21BrClN3O2. The monoisotopic (exact) mass is 365 g/mol. The zero-order valence-corrected chi connectivity index (χ0v) is 14.2. The molecule has 0 spiro atoms. The molecule has 1 heterocycles. The third kappa shape index (κ3) is 5.26. The summed E-state index contributed by atoms with van der Waals surface area (Å²) in [4.78, 5) is 25.9. The van der Waals surface area contributed by atoms with Crippen LogP contribution in [-0.2, 0) is 0 Å². The number of aromatic amines is 1. The van der Waals surface area contributed by atoms with Crippen LogP contribution in [0, 0.1) is 5.92 Å². The van der Waals surface area contributed by atoms with Gasteiger partial charge in [0.1, 0.15) is 0 Å². The van der Waals surface area contributed by atoms with Gasteiger partial charge in [0.25, 0.3) is 11.5 Å². The first-order chi connectivity index (χ1) is 8.77. The second-order valence-corrected chi connectivity index (χ2v) is 6.24. The van der Waals surface area contributed by atoms with Gasteiger partial charge in [-0.2, -0.15) is 0 Å². The van der Waals surface area contributed by atoms with E-state index in [1.54, 1.807) is 0 Å². The van der Waals surface area contributed by atoms with Gasteiger partial charge in [0.15, 0.2) is 0 Å². The molecule has 0 saturated heterocycles. The molecule has 0 saturated carbocycles. The number of amides is 1. The molecule has 114 valence electrons. The van der Waals surface area contributed by atoms with E-state index >= 15 is 0 Å². The van der Waals surface area contributed by atoms with Gasteiger partial charge in [-0.25, -0.2) is 0 Å². The summed E-state index contributed by atoms with van der Waals surface area (Å²) in [6.07, 6.45) is 2.19. The number of pyridine rings is 1. The highest BCUT2D eigenvalue weighted by Crippen LogP contribution is 2.16. The predicted octanol–water partition coefficient (Wildman–Crippen LogP) is 2.05. The maximum absolute atomic E-state index is 12.2. The minimum atomic E-state index is -0.451. The van der Waals surface area contributed by atoms with Crippen LogP contribution >= 0.6 is 28.3 Å². The number of carbonyl (C=O) groups excluding carboxylic acids is 1. The minimum Gasteiger partial charge on any atom is -0.346 e. The number of carbonyl (C=O) groups is 1. The SMILES string of the molecule is CC(C)CC(C)(CN)NC(=O)c1c[nH]c(=O)c(Br)c1.Cl. The van der Waals surface area contributed by atoms with Crippen LogP contribution in [0.4, 0.5) is 0 Å². The maximum atomic E-state index is 12.2. The number of aromatic nitrogens is 1. The van der Waals surface area contributed by atoms with E-state index in [0.29, 0.717) is 22.5 Å². The minimum absolute atomic E-state index is 0. The first-order valence-corrected chi connectivity index (χ1v) is 6.97. The van der Waals surface area contributed by atoms with Crippen LogP contribution in [0.1, 0.15) is 37.6 Å². The Morgan fingerprint density at radius 3 is 2.60 bits per heavy atom. The van der Waals surface area contributed by atoms with Crippen molar-refractivity contribution in [1.29, 1.82) is 0 Å². The van der Waals surface area contributed by atoms with E-state index < -0.39 is 5.54 Å². The molecule has 0 fully saturated rings. The quantitative estimate of drug-likeness (QED) is 0.745. The van der Waals surface area contributed by atoms with Gasteiger partial charge < -0.3 is 16.0 Å². The topological polar surface area (TPSA) is 88.0 Å². The van der Waals surface area contributed by atoms with Crippen molar-refractivity contribution in [2.45, 2.75) is 32.7 Å². The van der Waals surface area contributed by atoms with Gasteiger partial charge >= 0.3 is 0 Å². The zero-order chi connectivity index (χ0) is 14.6. The Labute approximate surface area is 133 Å². The maximum Gasteiger partial charge on any atom is 0.262 e. The smallest absolute Gasteiger partial charge is 0.262 e. The van der Waals surface area contributed by atoms with Crippen molar-refractivity contribution in [3.8, 4) is 0 Å². The van der Waals surface area contributed by atoms with Crippen molar-refractivity contribution < 1.29 is 4.79 Å². The molecule has 0 aliphatic rings. The molecule has 5 nitrogen and oxygen atoms in total. The third-order valence-electron chi connectivity index (χ3n) is 2.84. The molecule has 1 aromatic heterocycles. The summed E-state index contributed by atoms with van der Waals surface area (Å²) in [5.74, 6) is 0.182. The highest BCUT2D eigenvalue weighted by Gasteiger charge is 2.26. The second kappa shape index (κ2) is 7.81. The lowest BCUT2D eigenvalue weighted by atomic mass is 9.90. The molecule has 0 aliphatic heterocycles. The van der Waals surface area contributed by atoms with Crippen molar-refractivity contribution in [3.63, 3.8) is 0 Å². The van der Waals surface area contributed by atoms with Gasteiger partial charge in [0.2, 0.25) is 0 Å². The fourth-order valence-corrected chi connectivity index (χ4v) is 2.38. The summed E-state index contributed by atoms with van der Waals surface area (Å²) >= 11 is 3.10. The number of hydrogen-bond acceptors (Lipinski definition) is 3. The number of nitrogens with two attached hydrogens (primary N) is 1. The van der Waals surface area contributed by atoms with E-state index in [-0.39, 0.29) is 23.9 Å². The summed E-state index contributed by atoms with van der Waals surface area (Å²) in [5, 5.41) is 2.93. The first kappa shape index (κ1) is 19.1. The molecule has 1 amide bonds. The fourth-order valence-electron chi connectivity index (χ4n) is 2.02. The Hall–Kier alpha value is -0.850. The Morgan fingerprint density at radius 1 is 1.55 bits per heavy atom. The average molecular weight is 367 g/mol. The molecule has 1 unspecified atom stereocenters. The van der Waals surface area contributed by atoms with Crippen molar-refractivity contribution in [3.05, 3.63) is 32.7 Å². The van der Waals surface area contributed by atoms with Crippen LogP contribution in [0.3, 0.4) is 0 Å². The molecule has 1 aromatic rings. The van der Waals surface area contributed by atoms with Crippen molar-refractivity contribution >= 4 is 34.2 Å². The molecule has 0 aliphatic carbocycles. The molecule has 1 rings (SSSR count). The standard InChI is InChI=1S/C13H20BrN3O2.ClH/c1-8(2)5-13(3,7-15)17-11(18)9-4-10(14)12(19)16-6-9;/h4,6,8H,5,7,15H2,1-3H3,(H,16,19)(H,17,18);1H. The summed E-state index contributed by atoms with van der Waals surface area (Å²) in [6.45, 7) is 6.44. The summed E-state index contributed by atoms with van der Waals surface area (Å²) < 4.78 is 0.332.